The Morgan fingerprint density at radius 2 is 1.78 bits per heavy atom. The number of fused-ring (bicyclic) bond motifs is 2. The molecule has 0 saturated carbocycles. The van der Waals surface area contributed by atoms with Gasteiger partial charge in [-0.15, -0.1) is 11.3 Å². The second-order valence-corrected chi connectivity index (χ2v) is 9.37. The first-order valence-corrected chi connectivity index (χ1v) is 12.4. The van der Waals surface area contributed by atoms with Gasteiger partial charge in [0.05, 0.1) is 17.0 Å². The standard InChI is InChI=1S/C25H22N4O7S/c30-22(26-13-17-5-8-20-21(12-17)36-15-35-20)2-1-10-27-24(31)23-19(9-11-37-23)28(25(27)32)14-16-3-6-18(7-4-16)29(33)34/h3-9,11-12H,1-2,10,13-15H2,(H,26,30). The van der Waals surface area contributed by atoms with E-state index in [0.29, 0.717) is 40.2 Å². The number of hydrogen-bond donors (Lipinski definition) is 1. The van der Waals surface area contributed by atoms with Crippen molar-refractivity contribution in [3.05, 3.63) is 96.0 Å². The number of carbonyl (C=O) groups excluding carboxylic acids is 1. The van der Waals surface area contributed by atoms with Crippen molar-refractivity contribution in [2.75, 3.05) is 6.79 Å². The van der Waals surface area contributed by atoms with E-state index >= 15 is 0 Å². The molecule has 0 fully saturated rings. The van der Waals surface area contributed by atoms with Crippen molar-refractivity contribution in [1.29, 1.82) is 0 Å². The molecule has 2 aromatic heterocycles. The highest BCUT2D eigenvalue weighted by atomic mass is 32.1. The zero-order valence-corrected chi connectivity index (χ0v) is 20.4. The maximum absolute atomic E-state index is 13.3. The SMILES string of the molecule is O=C(CCCn1c(=O)c2sccc2n(Cc2ccc([N+](=O)[O-])cc2)c1=O)NCc1ccc2c(c1)OCO2. The van der Waals surface area contributed by atoms with Crippen LogP contribution < -0.4 is 26.0 Å². The van der Waals surface area contributed by atoms with E-state index in [1.54, 1.807) is 29.6 Å². The Morgan fingerprint density at radius 3 is 2.57 bits per heavy atom. The lowest BCUT2D eigenvalue weighted by Crippen LogP contribution is -2.40. The summed E-state index contributed by atoms with van der Waals surface area (Å²) in [7, 11) is 0. The van der Waals surface area contributed by atoms with Crippen molar-refractivity contribution in [2.24, 2.45) is 0 Å². The zero-order valence-electron chi connectivity index (χ0n) is 19.5. The van der Waals surface area contributed by atoms with Crippen molar-refractivity contribution in [3.8, 4) is 11.5 Å². The van der Waals surface area contributed by atoms with Gasteiger partial charge < -0.3 is 14.8 Å². The largest absolute Gasteiger partial charge is 0.454 e. The van der Waals surface area contributed by atoms with Crippen LogP contribution in [-0.4, -0.2) is 26.8 Å². The van der Waals surface area contributed by atoms with Crippen LogP contribution in [0.15, 0.2) is 63.5 Å². The minimum atomic E-state index is -0.491. The molecule has 0 aliphatic carbocycles. The van der Waals surface area contributed by atoms with Crippen LogP contribution in [0, 0.1) is 10.1 Å². The van der Waals surface area contributed by atoms with Crippen LogP contribution in [0.3, 0.4) is 0 Å². The molecule has 2 aromatic carbocycles. The van der Waals surface area contributed by atoms with Crippen molar-refractivity contribution in [2.45, 2.75) is 32.5 Å². The maximum atomic E-state index is 13.3. The number of amides is 1. The summed E-state index contributed by atoms with van der Waals surface area (Å²) in [5.41, 5.74) is 1.14. The summed E-state index contributed by atoms with van der Waals surface area (Å²) in [5, 5.41) is 15.5. The molecule has 0 saturated heterocycles. The lowest BCUT2D eigenvalue weighted by molar-refractivity contribution is -0.384. The minimum absolute atomic E-state index is 0.0430. The van der Waals surface area contributed by atoms with Gasteiger partial charge in [0.2, 0.25) is 12.7 Å². The van der Waals surface area contributed by atoms with Gasteiger partial charge in [0.25, 0.3) is 11.2 Å². The molecular formula is C25H22N4O7S. The quantitative estimate of drug-likeness (QED) is 0.264. The second-order valence-electron chi connectivity index (χ2n) is 8.45. The molecular weight excluding hydrogens is 500 g/mol. The lowest BCUT2D eigenvalue weighted by atomic mass is 10.2. The third-order valence-corrected chi connectivity index (χ3v) is 6.93. The maximum Gasteiger partial charge on any atom is 0.331 e. The van der Waals surface area contributed by atoms with Crippen molar-refractivity contribution in [3.63, 3.8) is 0 Å². The first kappa shape index (κ1) is 24.3. The van der Waals surface area contributed by atoms with Crippen LogP contribution in [0.5, 0.6) is 11.5 Å². The number of nitro groups is 1. The van der Waals surface area contributed by atoms with Gasteiger partial charge in [-0.25, -0.2) is 4.79 Å². The van der Waals surface area contributed by atoms with Gasteiger partial charge in [-0.05, 0) is 41.1 Å². The Bertz CT molecular complexity index is 1600. The average Bonchev–Trinajstić information content (AvgIpc) is 3.57. The van der Waals surface area contributed by atoms with Gasteiger partial charge in [0, 0.05) is 31.6 Å². The Labute approximate surface area is 213 Å². The van der Waals surface area contributed by atoms with Crippen LogP contribution in [0.4, 0.5) is 5.69 Å². The summed E-state index contributed by atoms with van der Waals surface area (Å²) < 4.78 is 13.7. The molecule has 1 aliphatic heterocycles. The highest BCUT2D eigenvalue weighted by Gasteiger charge is 2.16. The Kier molecular flexibility index (Phi) is 6.73. The molecule has 0 unspecified atom stereocenters. The molecule has 11 nitrogen and oxygen atoms in total. The first-order valence-electron chi connectivity index (χ1n) is 11.5. The summed E-state index contributed by atoms with van der Waals surface area (Å²) in [4.78, 5) is 49.1. The van der Waals surface area contributed by atoms with Crippen LogP contribution in [0.1, 0.15) is 24.0 Å². The number of hydrogen-bond acceptors (Lipinski definition) is 8. The number of benzene rings is 2. The highest BCUT2D eigenvalue weighted by molar-refractivity contribution is 7.17. The topological polar surface area (TPSA) is 135 Å². The highest BCUT2D eigenvalue weighted by Crippen LogP contribution is 2.32. The Balaban J connectivity index is 1.26. The number of rotatable bonds is 9. The van der Waals surface area contributed by atoms with Crippen molar-refractivity contribution < 1.29 is 19.2 Å². The van der Waals surface area contributed by atoms with Crippen molar-refractivity contribution in [1.82, 2.24) is 14.5 Å². The minimum Gasteiger partial charge on any atom is -0.454 e. The fraction of sp³-hybridized carbons (Fsp3) is 0.240. The summed E-state index contributed by atoms with van der Waals surface area (Å²) in [5.74, 6) is 1.11. The number of thiophene rings is 1. The summed E-state index contributed by atoms with van der Waals surface area (Å²) >= 11 is 1.24. The molecule has 5 rings (SSSR count). The Morgan fingerprint density at radius 1 is 1.03 bits per heavy atom. The summed E-state index contributed by atoms with van der Waals surface area (Å²) in [6, 6.07) is 13.1. The molecule has 0 atom stereocenters. The van der Waals surface area contributed by atoms with E-state index in [1.807, 2.05) is 12.1 Å². The Hall–Kier alpha value is -4.45. The molecule has 0 spiro atoms. The smallest absolute Gasteiger partial charge is 0.331 e. The van der Waals surface area contributed by atoms with Crippen LogP contribution in [-0.2, 0) is 24.4 Å². The van der Waals surface area contributed by atoms with Crippen LogP contribution in [0.25, 0.3) is 10.2 Å². The van der Waals surface area contributed by atoms with E-state index < -0.39 is 16.2 Å². The molecule has 0 radical (unpaired) electrons. The molecule has 3 heterocycles. The fourth-order valence-corrected chi connectivity index (χ4v) is 4.97. The molecule has 37 heavy (non-hydrogen) atoms. The van der Waals surface area contributed by atoms with Crippen molar-refractivity contribution >= 4 is 33.1 Å². The van der Waals surface area contributed by atoms with E-state index in [2.05, 4.69) is 5.32 Å². The number of non-ortho nitro benzene ring substituents is 1. The number of ether oxygens (including phenoxy) is 2. The van der Waals surface area contributed by atoms with Gasteiger partial charge in [-0.2, -0.15) is 0 Å². The second kappa shape index (κ2) is 10.3. The molecule has 1 N–H and O–H groups in total. The number of carbonyl (C=O) groups is 1. The third kappa shape index (κ3) is 5.09. The molecule has 12 heteroatoms. The number of nitro benzene ring substituents is 1. The summed E-state index contributed by atoms with van der Waals surface area (Å²) in [6.45, 7) is 0.736. The van der Waals surface area contributed by atoms with E-state index in [9.17, 15) is 24.5 Å². The molecule has 4 aromatic rings. The van der Waals surface area contributed by atoms with E-state index in [-0.39, 0.29) is 37.9 Å². The zero-order chi connectivity index (χ0) is 25.9. The fourth-order valence-electron chi connectivity index (χ4n) is 4.13. The van der Waals surface area contributed by atoms with E-state index in [0.717, 1.165) is 10.1 Å². The first-order chi connectivity index (χ1) is 17.9. The van der Waals surface area contributed by atoms with Gasteiger partial charge >= 0.3 is 5.69 Å². The molecule has 1 aliphatic rings. The molecule has 190 valence electrons. The number of nitrogens with one attached hydrogen (secondary N) is 1. The monoisotopic (exact) mass is 522 g/mol. The summed E-state index contributed by atoms with van der Waals surface area (Å²) in [6.07, 6.45) is 0.442. The predicted molar refractivity (Wildman–Crippen MR) is 136 cm³/mol. The van der Waals surface area contributed by atoms with Gasteiger partial charge in [-0.3, -0.25) is 28.8 Å². The van der Waals surface area contributed by atoms with E-state index in [4.69, 9.17) is 9.47 Å². The normalized spacial score (nSPS) is 12.1. The third-order valence-electron chi connectivity index (χ3n) is 6.04. The van der Waals surface area contributed by atoms with E-state index in [1.165, 1.54) is 28.0 Å². The molecule has 1 amide bonds. The van der Waals surface area contributed by atoms with Gasteiger partial charge in [-0.1, -0.05) is 18.2 Å². The number of aromatic nitrogens is 2. The lowest BCUT2D eigenvalue weighted by Gasteiger charge is -2.12. The van der Waals surface area contributed by atoms with Crippen LogP contribution in [0.2, 0.25) is 0 Å². The number of nitrogens with zero attached hydrogens (tertiary/aromatic N) is 3. The average molecular weight is 523 g/mol. The van der Waals surface area contributed by atoms with Crippen LogP contribution >= 0.6 is 11.3 Å². The predicted octanol–water partition coefficient (Wildman–Crippen LogP) is 3.01. The molecule has 0 bridgehead atoms. The van der Waals surface area contributed by atoms with Gasteiger partial charge in [0.1, 0.15) is 4.70 Å². The van der Waals surface area contributed by atoms with Gasteiger partial charge in [0.15, 0.2) is 11.5 Å².